The van der Waals surface area contributed by atoms with Crippen LogP contribution in [0, 0.1) is 5.82 Å². The molecule has 0 unspecified atom stereocenters. The molecule has 31 heavy (non-hydrogen) atoms. The number of hydrogen-bond acceptors (Lipinski definition) is 5. The predicted octanol–water partition coefficient (Wildman–Crippen LogP) is 4.26. The Hall–Kier alpha value is -3.56. The molecular weight excluding hydrogens is 445 g/mol. The van der Waals surface area contributed by atoms with E-state index in [0.717, 1.165) is 0 Å². The summed E-state index contributed by atoms with van der Waals surface area (Å²) in [5.74, 6) is -1.60. The number of carboxylic acid groups (broad SMARTS) is 1. The van der Waals surface area contributed by atoms with Crippen molar-refractivity contribution in [3.8, 4) is 16.9 Å². The Morgan fingerprint density at radius 2 is 1.61 bits per heavy atom. The molecule has 7 nitrogen and oxygen atoms in total. The Kier molecular flexibility index (Phi) is 5.30. The van der Waals surface area contributed by atoms with E-state index in [2.05, 4.69) is 10.3 Å². The smallest absolute Gasteiger partial charge is 0.335 e. The minimum Gasteiger partial charge on any atom is -0.478 e. The average molecular weight is 458 g/mol. The van der Waals surface area contributed by atoms with Crippen molar-refractivity contribution >= 4 is 27.4 Å². The molecule has 0 aliphatic heterocycles. The summed E-state index contributed by atoms with van der Waals surface area (Å²) in [5, 5.41) is 16.6. The summed E-state index contributed by atoms with van der Waals surface area (Å²) < 4.78 is 41.5. The van der Waals surface area contributed by atoms with Crippen molar-refractivity contribution < 1.29 is 22.7 Å². The van der Waals surface area contributed by atoms with Gasteiger partial charge in [-0.2, -0.15) is 0 Å². The second-order valence-electron chi connectivity index (χ2n) is 6.45. The lowest BCUT2D eigenvalue weighted by Crippen LogP contribution is -2.07. The Balaban J connectivity index is 1.96. The summed E-state index contributed by atoms with van der Waals surface area (Å²) in [4.78, 5) is 11.0. The molecule has 156 valence electrons. The molecule has 3 aromatic carbocycles. The maximum Gasteiger partial charge on any atom is 0.335 e. The third-order valence-corrected chi connectivity index (χ3v) is 6.66. The van der Waals surface area contributed by atoms with Crippen LogP contribution in [-0.2, 0) is 9.84 Å². The maximum atomic E-state index is 13.5. The lowest BCUT2D eigenvalue weighted by molar-refractivity contribution is 0.0697. The van der Waals surface area contributed by atoms with Gasteiger partial charge in [0, 0.05) is 5.56 Å². The van der Waals surface area contributed by atoms with Gasteiger partial charge in [-0.05, 0) is 60.7 Å². The number of rotatable bonds is 5. The molecule has 1 heterocycles. The number of nitrogens with zero attached hydrogens (tertiary/aromatic N) is 3. The van der Waals surface area contributed by atoms with Gasteiger partial charge in [-0.25, -0.2) is 22.3 Å². The molecule has 4 aromatic rings. The van der Waals surface area contributed by atoms with Crippen LogP contribution in [0.5, 0.6) is 0 Å². The third-order valence-electron chi connectivity index (χ3n) is 4.50. The molecule has 0 atom stereocenters. The third kappa shape index (κ3) is 3.80. The highest BCUT2D eigenvalue weighted by Crippen LogP contribution is 2.34. The standard InChI is InChI=1S/C21H13ClFN3O4S/c22-17-3-1-2-4-18(17)31(29,30)20-19(13-5-9-15(23)10-6-13)26(25-24-20)16-11-7-14(8-12-16)21(27)28/h1-12H,(H,27,28). The van der Waals surface area contributed by atoms with E-state index in [0.29, 0.717) is 11.3 Å². The van der Waals surface area contributed by atoms with E-state index < -0.39 is 21.6 Å². The fraction of sp³-hybridized carbons (Fsp3) is 0. The minimum atomic E-state index is -4.18. The minimum absolute atomic E-state index is 0.0212. The number of halogens is 2. The molecular formula is C21H13ClFN3O4S. The maximum absolute atomic E-state index is 13.5. The Morgan fingerprint density at radius 3 is 2.23 bits per heavy atom. The fourth-order valence-electron chi connectivity index (χ4n) is 3.00. The van der Waals surface area contributed by atoms with Crippen molar-refractivity contribution in [2.24, 2.45) is 0 Å². The second kappa shape index (κ2) is 7.93. The Bertz CT molecular complexity index is 1390. The molecule has 0 amide bonds. The summed E-state index contributed by atoms with van der Waals surface area (Å²) in [5.41, 5.74) is 0.857. The Labute approximate surface area is 181 Å². The number of carbonyl (C=O) groups is 1. The molecule has 0 radical (unpaired) electrons. The summed E-state index contributed by atoms with van der Waals surface area (Å²) in [6, 6.07) is 16.8. The van der Waals surface area contributed by atoms with Crippen molar-refractivity contribution in [2.45, 2.75) is 9.92 Å². The van der Waals surface area contributed by atoms with Gasteiger partial charge in [-0.1, -0.05) is 28.9 Å². The highest BCUT2D eigenvalue weighted by atomic mass is 35.5. The van der Waals surface area contributed by atoms with Gasteiger partial charge in [0.05, 0.1) is 21.2 Å². The van der Waals surface area contributed by atoms with Crippen LogP contribution in [0.3, 0.4) is 0 Å². The first kappa shape index (κ1) is 20.7. The number of aromatic carboxylic acids is 1. The molecule has 4 rings (SSSR count). The summed E-state index contributed by atoms with van der Waals surface area (Å²) in [7, 11) is -4.18. The van der Waals surface area contributed by atoms with Gasteiger partial charge in [-0.3, -0.25) is 0 Å². The largest absolute Gasteiger partial charge is 0.478 e. The van der Waals surface area contributed by atoms with E-state index in [1.165, 1.54) is 71.4 Å². The van der Waals surface area contributed by atoms with E-state index in [9.17, 15) is 17.6 Å². The van der Waals surface area contributed by atoms with Gasteiger partial charge in [0.15, 0.2) is 0 Å². The van der Waals surface area contributed by atoms with Gasteiger partial charge in [0.1, 0.15) is 11.5 Å². The molecule has 0 aliphatic rings. The van der Waals surface area contributed by atoms with Crippen molar-refractivity contribution in [2.75, 3.05) is 0 Å². The van der Waals surface area contributed by atoms with E-state index in [-0.39, 0.29) is 26.2 Å². The average Bonchev–Trinajstić information content (AvgIpc) is 3.20. The van der Waals surface area contributed by atoms with E-state index in [4.69, 9.17) is 16.7 Å². The van der Waals surface area contributed by atoms with Crippen LogP contribution < -0.4 is 0 Å². The summed E-state index contributed by atoms with van der Waals surface area (Å²) >= 11 is 6.11. The molecule has 0 bridgehead atoms. The summed E-state index contributed by atoms with van der Waals surface area (Å²) in [6.45, 7) is 0. The lowest BCUT2D eigenvalue weighted by Gasteiger charge is -2.10. The number of aromatic nitrogens is 3. The van der Waals surface area contributed by atoms with E-state index in [1.807, 2.05) is 0 Å². The van der Waals surface area contributed by atoms with E-state index in [1.54, 1.807) is 6.07 Å². The van der Waals surface area contributed by atoms with Gasteiger partial charge >= 0.3 is 5.97 Å². The SMILES string of the molecule is O=C(O)c1ccc(-n2nnc(S(=O)(=O)c3ccccc3Cl)c2-c2ccc(F)cc2)cc1. The fourth-order valence-corrected chi connectivity index (χ4v) is 4.83. The first-order chi connectivity index (χ1) is 14.8. The van der Waals surface area contributed by atoms with Crippen LogP contribution in [-0.4, -0.2) is 34.5 Å². The number of hydrogen-bond donors (Lipinski definition) is 1. The van der Waals surface area contributed by atoms with Gasteiger partial charge in [-0.15, -0.1) is 5.10 Å². The number of carboxylic acids is 1. The van der Waals surface area contributed by atoms with E-state index >= 15 is 0 Å². The molecule has 0 fully saturated rings. The highest BCUT2D eigenvalue weighted by molar-refractivity contribution is 7.91. The lowest BCUT2D eigenvalue weighted by atomic mass is 10.1. The first-order valence-electron chi connectivity index (χ1n) is 8.84. The second-order valence-corrected chi connectivity index (χ2v) is 8.69. The van der Waals surface area contributed by atoms with Crippen LogP contribution in [0.25, 0.3) is 16.9 Å². The zero-order valence-electron chi connectivity index (χ0n) is 15.6. The van der Waals surface area contributed by atoms with Crippen LogP contribution in [0.2, 0.25) is 5.02 Å². The molecule has 0 saturated heterocycles. The van der Waals surface area contributed by atoms with Crippen LogP contribution in [0.15, 0.2) is 82.7 Å². The monoisotopic (exact) mass is 457 g/mol. The molecule has 0 spiro atoms. The molecule has 10 heteroatoms. The Morgan fingerprint density at radius 1 is 0.968 bits per heavy atom. The van der Waals surface area contributed by atoms with Crippen LogP contribution in [0.4, 0.5) is 4.39 Å². The topological polar surface area (TPSA) is 102 Å². The summed E-state index contributed by atoms with van der Waals surface area (Å²) in [6.07, 6.45) is 0. The number of benzene rings is 3. The molecule has 0 aliphatic carbocycles. The zero-order valence-corrected chi connectivity index (χ0v) is 17.2. The van der Waals surface area contributed by atoms with Crippen molar-refractivity contribution in [3.05, 3.63) is 89.2 Å². The first-order valence-corrected chi connectivity index (χ1v) is 10.7. The van der Waals surface area contributed by atoms with Crippen LogP contribution in [0.1, 0.15) is 10.4 Å². The quantitative estimate of drug-likeness (QED) is 0.480. The zero-order chi connectivity index (χ0) is 22.2. The molecule has 1 aromatic heterocycles. The van der Waals surface area contributed by atoms with Crippen molar-refractivity contribution in [1.82, 2.24) is 15.0 Å². The highest BCUT2D eigenvalue weighted by Gasteiger charge is 2.30. The van der Waals surface area contributed by atoms with Gasteiger partial charge < -0.3 is 5.11 Å². The normalized spacial score (nSPS) is 11.4. The van der Waals surface area contributed by atoms with Crippen LogP contribution >= 0.6 is 11.6 Å². The van der Waals surface area contributed by atoms with Crippen molar-refractivity contribution in [3.63, 3.8) is 0 Å². The number of sulfone groups is 1. The predicted molar refractivity (Wildman–Crippen MR) is 111 cm³/mol. The molecule has 0 saturated carbocycles. The van der Waals surface area contributed by atoms with Crippen molar-refractivity contribution in [1.29, 1.82) is 0 Å². The molecule has 1 N–H and O–H groups in total. The van der Waals surface area contributed by atoms with Gasteiger partial charge in [0.25, 0.3) is 0 Å². The van der Waals surface area contributed by atoms with Gasteiger partial charge in [0.2, 0.25) is 14.9 Å².